The minimum absolute atomic E-state index is 0.660. The summed E-state index contributed by atoms with van der Waals surface area (Å²) in [4.78, 5) is 4.07. The van der Waals surface area contributed by atoms with E-state index in [-0.39, 0.29) is 0 Å². The van der Waals surface area contributed by atoms with Gasteiger partial charge in [-0.05, 0) is 19.5 Å². The van der Waals surface area contributed by atoms with Crippen molar-refractivity contribution in [2.45, 2.75) is 13.3 Å². The lowest BCUT2D eigenvalue weighted by Gasteiger charge is -1.93. The number of hydrogen-bond donors (Lipinski definition) is 1. The molecule has 0 aliphatic carbocycles. The second-order valence-corrected chi connectivity index (χ2v) is 2.14. The third-order valence-corrected chi connectivity index (χ3v) is 1.28. The number of rotatable bonds is 4. The van der Waals surface area contributed by atoms with Crippen LogP contribution in [0.4, 0.5) is 0 Å². The average molecular weight is 152 g/mol. The lowest BCUT2D eigenvalue weighted by atomic mass is 10.2. The molecule has 0 fully saturated rings. The molecule has 0 heterocycles. The first-order valence-electron chi connectivity index (χ1n) is 3.80. The summed E-state index contributed by atoms with van der Waals surface area (Å²) >= 11 is 0. The Morgan fingerprint density at radius 2 is 2.18 bits per heavy atom. The van der Waals surface area contributed by atoms with E-state index in [0.717, 1.165) is 12.1 Å². The monoisotopic (exact) mass is 152 g/mol. The van der Waals surface area contributed by atoms with Crippen LogP contribution in [0.2, 0.25) is 0 Å². The quantitative estimate of drug-likeness (QED) is 0.481. The van der Waals surface area contributed by atoms with Gasteiger partial charge >= 0.3 is 0 Å². The second kappa shape index (κ2) is 7.22. The summed E-state index contributed by atoms with van der Waals surface area (Å²) in [7, 11) is 1.78. The van der Waals surface area contributed by atoms with Crippen LogP contribution in [0.1, 0.15) is 13.3 Å². The largest absolute Gasteiger partial charge is 0.330 e. The molecule has 0 rings (SSSR count). The van der Waals surface area contributed by atoms with Crippen LogP contribution >= 0.6 is 0 Å². The summed E-state index contributed by atoms with van der Waals surface area (Å²) in [6.45, 7) is 2.64. The predicted molar refractivity (Wildman–Crippen MR) is 51.0 cm³/mol. The van der Waals surface area contributed by atoms with Gasteiger partial charge in [0, 0.05) is 19.2 Å². The lowest BCUT2D eigenvalue weighted by Crippen LogP contribution is -2.05. The van der Waals surface area contributed by atoms with E-state index in [1.807, 2.05) is 31.2 Å². The second-order valence-electron chi connectivity index (χ2n) is 2.14. The maximum atomic E-state index is 5.38. The third kappa shape index (κ3) is 5.55. The van der Waals surface area contributed by atoms with Gasteiger partial charge in [0.05, 0.1) is 0 Å². The van der Waals surface area contributed by atoms with Gasteiger partial charge in [-0.25, -0.2) is 0 Å². The minimum atomic E-state index is 0.660. The van der Waals surface area contributed by atoms with Crippen molar-refractivity contribution in [3.05, 3.63) is 24.3 Å². The van der Waals surface area contributed by atoms with E-state index < -0.39 is 0 Å². The van der Waals surface area contributed by atoms with E-state index in [4.69, 9.17) is 5.73 Å². The van der Waals surface area contributed by atoms with Crippen molar-refractivity contribution in [1.82, 2.24) is 0 Å². The molecule has 2 nitrogen and oxygen atoms in total. The number of hydrogen-bond acceptors (Lipinski definition) is 2. The van der Waals surface area contributed by atoms with Crippen LogP contribution in [0.3, 0.4) is 0 Å². The van der Waals surface area contributed by atoms with Crippen LogP contribution < -0.4 is 5.73 Å². The molecule has 0 saturated carbocycles. The summed E-state index contributed by atoms with van der Waals surface area (Å²) in [5, 5.41) is 0. The lowest BCUT2D eigenvalue weighted by molar-refractivity contribution is 1.04. The van der Waals surface area contributed by atoms with E-state index in [1.165, 1.54) is 0 Å². The molecule has 0 aromatic rings. The summed E-state index contributed by atoms with van der Waals surface area (Å²) in [5.41, 5.74) is 6.42. The van der Waals surface area contributed by atoms with Crippen LogP contribution in [0.15, 0.2) is 29.3 Å². The van der Waals surface area contributed by atoms with E-state index in [9.17, 15) is 0 Å². The van der Waals surface area contributed by atoms with Gasteiger partial charge in [0.15, 0.2) is 0 Å². The molecule has 0 spiro atoms. The molecule has 0 atom stereocenters. The number of nitrogens with two attached hydrogens (primary N) is 1. The van der Waals surface area contributed by atoms with Crippen molar-refractivity contribution in [2.24, 2.45) is 10.7 Å². The van der Waals surface area contributed by atoms with Crippen LogP contribution in [0.25, 0.3) is 0 Å². The Kier molecular flexibility index (Phi) is 6.64. The molecule has 11 heavy (non-hydrogen) atoms. The van der Waals surface area contributed by atoms with Crippen LogP contribution in [-0.2, 0) is 0 Å². The van der Waals surface area contributed by atoms with Gasteiger partial charge in [-0.2, -0.15) is 0 Å². The summed E-state index contributed by atoms with van der Waals surface area (Å²) in [6.07, 6.45) is 8.75. The normalized spacial score (nSPS) is 13.5. The molecule has 0 amide bonds. The van der Waals surface area contributed by atoms with E-state index in [0.29, 0.717) is 6.54 Å². The smallest absolute Gasteiger partial charge is 0.0357 e. The van der Waals surface area contributed by atoms with Crippen molar-refractivity contribution in [3.8, 4) is 0 Å². The molecule has 0 bridgehead atoms. The van der Waals surface area contributed by atoms with Crippen LogP contribution in [-0.4, -0.2) is 19.3 Å². The van der Waals surface area contributed by atoms with Crippen molar-refractivity contribution >= 4 is 5.71 Å². The molecule has 0 saturated heterocycles. The summed E-state index contributed by atoms with van der Waals surface area (Å²) in [5.74, 6) is 0. The Labute approximate surface area is 68.5 Å². The van der Waals surface area contributed by atoms with Crippen LogP contribution in [0.5, 0.6) is 0 Å². The first-order valence-corrected chi connectivity index (χ1v) is 3.80. The van der Waals surface area contributed by atoms with Crippen LogP contribution in [0, 0.1) is 0 Å². The SMILES string of the molecule is C/C=C/C=C\C(CCN)=NC. The zero-order valence-electron chi connectivity index (χ0n) is 7.25. The average Bonchev–Trinajstić information content (AvgIpc) is 2.03. The minimum Gasteiger partial charge on any atom is -0.330 e. The highest BCUT2D eigenvalue weighted by Crippen LogP contribution is 1.87. The predicted octanol–water partition coefficient (Wildman–Crippen LogP) is 1.54. The first-order chi connectivity index (χ1) is 5.35. The van der Waals surface area contributed by atoms with E-state index >= 15 is 0 Å². The van der Waals surface area contributed by atoms with Gasteiger partial charge in [0.25, 0.3) is 0 Å². The van der Waals surface area contributed by atoms with E-state index in [1.54, 1.807) is 7.05 Å². The number of nitrogens with zero attached hydrogens (tertiary/aromatic N) is 1. The highest BCUT2D eigenvalue weighted by atomic mass is 14.7. The van der Waals surface area contributed by atoms with Gasteiger partial charge in [0.1, 0.15) is 0 Å². The highest BCUT2D eigenvalue weighted by molar-refractivity contribution is 5.95. The highest BCUT2D eigenvalue weighted by Gasteiger charge is 1.87. The maximum absolute atomic E-state index is 5.38. The fourth-order valence-electron chi connectivity index (χ4n) is 0.695. The molecule has 0 aromatic heterocycles. The zero-order valence-corrected chi connectivity index (χ0v) is 7.25. The Hall–Kier alpha value is -0.890. The van der Waals surface area contributed by atoms with E-state index in [2.05, 4.69) is 4.99 Å². The maximum Gasteiger partial charge on any atom is 0.0357 e. The van der Waals surface area contributed by atoms with Crippen molar-refractivity contribution in [2.75, 3.05) is 13.6 Å². The molecule has 62 valence electrons. The molecule has 0 radical (unpaired) electrons. The number of aliphatic imine (C=N–C) groups is 1. The Morgan fingerprint density at radius 3 is 2.64 bits per heavy atom. The van der Waals surface area contributed by atoms with Crippen molar-refractivity contribution in [1.29, 1.82) is 0 Å². The Bertz CT molecular complexity index is 166. The molecule has 0 aromatic carbocycles. The van der Waals surface area contributed by atoms with Crippen molar-refractivity contribution < 1.29 is 0 Å². The standard InChI is InChI=1S/C9H16N2/c1-3-4-5-6-9(11-2)7-8-10/h3-6H,7-8,10H2,1-2H3/b4-3+,6-5-,11-9?. The molecule has 0 unspecified atom stereocenters. The topological polar surface area (TPSA) is 38.4 Å². The molecule has 0 aliphatic heterocycles. The fourth-order valence-corrected chi connectivity index (χ4v) is 0.695. The zero-order chi connectivity index (χ0) is 8.53. The van der Waals surface area contributed by atoms with Gasteiger partial charge in [-0.3, -0.25) is 4.99 Å². The first kappa shape index (κ1) is 10.1. The summed E-state index contributed by atoms with van der Waals surface area (Å²) < 4.78 is 0. The van der Waals surface area contributed by atoms with Gasteiger partial charge < -0.3 is 5.73 Å². The molecular formula is C9H16N2. The van der Waals surface area contributed by atoms with Gasteiger partial charge in [-0.15, -0.1) is 0 Å². The van der Waals surface area contributed by atoms with Gasteiger partial charge in [0.2, 0.25) is 0 Å². The Balaban J connectivity index is 3.88. The molecule has 2 heteroatoms. The third-order valence-electron chi connectivity index (χ3n) is 1.28. The summed E-state index contributed by atoms with van der Waals surface area (Å²) in [6, 6.07) is 0. The molecule has 0 aliphatic rings. The molecule has 2 N–H and O–H groups in total. The van der Waals surface area contributed by atoms with Crippen molar-refractivity contribution in [3.63, 3.8) is 0 Å². The number of allylic oxidation sites excluding steroid dienone is 4. The fraction of sp³-hybridized carbons (Fsp3) is 0.444. The molecular weight excluding hydrogens is 136 g/mol. The Morgan fingerprint density at radius 1 is 1.45 bits per heavy atom. The van der Waals surface area contributed by atoms with Gasteiger partial charge in [-0.1, -0.05) is 18.2 Å².